The minimum absolute atomic E-state index is 0.596. The molecule has 1 aromatic carbocycles. The molecule has 1 aromatic heterocycles. The zero-order valence-corrected chi connectivity index (χ0v) is 11.4. The van der Waals surface area contributed by atoms with Crippen molar-refractivity contribution in [2.75, 3.05) is 26.3 Å². The van der Waals surface area contributed by atoms with E-state index in [1.54, 1.807) is 0 Å². The third-order valence-corrected chi connectivity index (χ3v) is 3.99. The molecule has 2 N–H and O–H groups in total. The first-order valence-corrected chi connectivity index (χ1v) is 6.86. The molecule has 0 radical (unpaired) electrons. The second-order valence-electron chi connectivity index (χ2n) is 5.14. The maximum Gasteiger partial charge on any atom is 0.0594 e. The lowest BCUT2D eigenvalue weighted by Gasteiger charge is -2.26. The van der Waals surface area contributed by atoms with Gasteiger partial charge in [-0.3, -0.25) is 4.90 Å². The van der Waals surface area contributed by atoms with Crippen LogP contribution < -0.4 is 5.73 Å². The van der Waals surface area contributed by atoms with Crippen LogP contribution in [-0.4, -0.2) is 35.8 Å². The highest BCUT2D eigenvalue weighted by Gasteiger charge is 2.14. The molecule has 19 heavy (non-hydrogen) atoms. The zero-order valence-electron chi connectivity index (χ0n) is 11.4. The standard InChI is InChI=1S/C15H21N3O/c1-17-13(11-18-5-7-19-8-6-18)9-14-12(10-16)3-2-4-15(14)17/h2-4,9H,5-8,10-11,16H2,1H3. The van der Waals surface area contributed by atoms with Gasteiger partial charge in [0.15, 0.2) is 0 Å². The van der Waals surface area contributed by atoms with Crippen LogP contribution >= 0.6 is 0 Å². The van der Waals surface area contributed by atoms with Gasteiger partial charge in [0.25, 0.3) is 0 Å². The number of morpholine rings is 1. The Labute approximate surface area is 113 Å². The summed E-state index contributed by atoms with van der Waals surface area (Å²) in [5.74, 6) is 0. The first-order valence-electron chi connectivity index (χ1n) is 6.86. The third-order valence-electron chi connectivity index (χ3n) is 3.99. The minimum atomic E-state index is 0.596. The van der Waals surface area contributed by atoms with E-state index < -0.39 is 0 Å². The molecule has 4 heteroatoms. The molecule has 102 valence electrons. The summed E-state index contributed by atoms with van der Waals surface area (Å²) in [6.45, 7) is 5.31. The Morgan fingerprint density at radius 2 is 2.05 bits per heavy atom. The molecule has 2 aromatic rings. The highest BCUT2D eigenvalue weighted by atomic mass is 16.5. The molecule has 0 aliphatic carbocycles. The normalized spacial score (nSPS) is 17.2. The molecule has 0 unspecified atom stereocenters. The van der Waals surface area contributed by atoms with Crippen LogP contribution in [0.4, 0.5) is 0 Å². The average molecular weight is 259 g/mol. The van der Waals surface area contributed by atoms with Gasteiger partial charge in [-0.1, -0.05) is 12.1 Å². The highest BCUT2D eigenvalue weighted by molar-refractivity contribution is 5.84. The Bertz CT molecular complexity index is 570. The first-order chi connectivity index (χ1) is 9.29. The molecule has 0 saturated carbocycles. The smallest absolute Gasteiger partial charge is 0.0594 e. The quantitative estimate of drug-likeness (QED) is 0.907. The fourth-order valence-corrected chi connectivity index (χ4v) is 2.79. The lowest BCUT2D eigenvalue weighted by Crippen LogP contribution is -2.36. The first kappa shape index (κ1) is 12.7. The summed E-state index contributed by atoms with van der Waals surface area (Å²) in [4.78, 5) is 2.44. The van der Waals surface area contributed by atoms with Crippen LogP contribution in [0.2, 0.25) is 0 Å². The minimum Gasteiger partial charge on any atom is -0.379 e. The fourth-order valence-electron chi connectivity index (χ4n) is 2.79. The van der Waals surface area contributed by atoms with Gasteiger partial charge in [-0.15, -0.1) is 0 Å². The van der Waals surface area contributed by atoms with Crippen LogP contribution in [0.3, 0.4) is 0 Å². The molecule has 1 fully saturated rings. The van der Waals surface area contributed by atoms with Gasteiger partial charge in [0.05, 0.1) is 13.2 Å². The molecular weight excluding hydrogens is 238 g/mol. The van der Waals surface area contributed by atoms with Gasteiger partial charge >= 0.3 is 0 Å². The summed E-state index contributed by atoms with van der Waals surface area (Å²) < 4.78 is 7.68. The average Bonchev–Trinajstić information content (AvgIpc) is 2.77. The van der Waals surface area contributed by atoms with Crippen molar-refractivity contribution >= 4 is 10.9 Å². The molecule has 3 rings (SSSR count). The summed E-state index contributed by atoms with van der Waals surface area (Å²) >= 11 is 0. The lowest BCUT2D eigenvalue weighted by atomic mass is 10.1. The summed E-state index contributed by atoms with van der Waals surface area (Å²) in [5, 5.41) is 1.29. The number of rotatable bonds is 3. The highest BCUT2D eigenvalue weighted by Crippen LogP contribution is 2.23. The van der Waals surface area contributed by atoms with Crippen LogP contribution in [-0.2, 0) is 24.9 Å². The summed E-state index contributed by atoms with van der Waals surface area (Å²) in [6.07, 6.45) is 0. The molecule has 2 heterocycles. The van der Waals surface area contributed by atoms with E-state index in [1.165, 1.54) is 22.2 Å². The van der Waals surface area contributed by atoms with Crippen LogP contribution in [0, 0.1) is 0 Å². The van der Waals surface area contributed by atoms with Crippen molar-refractivity contribution in [3.63, 3.8) is 0 Å². The van der Waals surface area contributed by atoms with E-state index in [4.69, 9.17) is 10.5 Å². The van der Waals surface area contributed by atoms with Gasteiger partial charge < -0.3 is 15.0 Å². The topological polar surface area (TPSA) is 43.4 Å². The van der Waals surface area contributed by atoms with E-state index in [1.807, 2.05) is 0 Å². The number of nitrogens with two attached hydrogens (primary N) is 1. The van der Waals surface area contributed by atoms with Gasteiger partial charge in [0.2, 0.25) is 0 Å². The SMILES string of the molecule is Cn1c(CN2CCOCC2)cc2c(CN)cccc21. The summed E-state index contributed by atoms with van der Waals surface area (Å²) in [6, 6.07) is 8.65. The molecule has 1 aliphatic heterocycles. The number of benzene rings is 1. The molecule has 1 saturated heterocycles. The zero-order chi connectivity index (χ0) is 13.2. The number of fused-ring (bicyclic) bond motifs is 1. The number of ether oxygens (including phenoxy) is 1. The van der Waals surface area contributed by atoms with Crippen molar-refractivity contribution in [3.8, 4) is 0 Å². The number of aryl methyl sites for hydroxylation is 1. The Balaban J connectivity index is 1.93. The molecule has 0 atom stereocenters. The number of nitrogens with zero attached hydrogens (tertiary/aromatic N) is 2. The van der Waals surface area contributed by atoms with Gasteiger partial charge in [-0.05, 0) is 17.7 Å². The van der Waals surface area contributed by atoms with Crippen LogP contribution in [0.5, 0.6) is 0 Å². The third kappa shape index (κ3) is 2.39. The monoisotopic (exact) mass is 259 g/mol. The van der Waals surface area contributed by atoms with Crippen molar-refractivity contribution in [3.05, 3.63) is 35.5 Å². The van der Waals surface area contributed by atoms with Gasteiger partial charge in [0.1, 0.15) is 0 Å². The van der Waals surface area contributed by atoms with E-state index in [0.717, 1.165) is 32.8 Å². The van der Waals surface area contributed by atoms with Crippen LogP contribution in [0.15, 0.2) is 24.3 Å². The fraction of sp³-hybridized carbons (Fsp3) is 0.467. The predicted octanol–water partition coefficient (Wildman–Crippen LogP) is 1.47. The van der Waals surface area contributed by atoms with Crippen molar-refractivity contribution in [2.45, 2.75) is 13.1 Å². The lowest BCUT2D eigenvalue weighted by molar-refractivity contribution is 0.0333. The summed E-state index contributed by atoms with van der Waals surface area (Å²) in [7, 11) is 2.14. The van der Waals surface area contributed by atoms with Gasteiger partial charge in [-0.25, -0.2) is 0 Å². The molecule has 1 aliphatic rings. The van der Waals surface area contributed by atoms with E-state index in [2.05, 4.69) is 40.8 Å². The number of hydrogen-bond donors (Lipinski definition) is 1. The van der Waals surface area contributed by atoms with E-state index in [9.17, 15) is 0 Å². The maximum atomic E-state index is 5.82. The molecule has 4 nitrogen and oxygen atoms in total. The van der Waals surface area contributed by atoms with Crippen molar-refractivity contribution in [2.24, 2.45) is 12.8 Å². The van der Waals surface area contributed by atoms with Crippen molar-refractivity contribution in [1.29, 1.82) is 0 Å². The summed E-state index contributed by atoms with van der Waals surface area (Å²) in [5.41, 5.74) is 9.66. The van der Waals surface area contributed by atoms with Crippen molar-refractivity contribution in [1.82, 2.24) is 9.47 Å². The molecular formula is C15H21N3O. The largest absolute Gasteiger partial charge is 0.379 e. The van der Waals surface area contributed by atoms with Crippen LogP contribution in [0.25, 0.3) is 10.9 Å². The van der Waals surface area contributed by atoms with Gasteiger partial charge in [0, 0.05) is 49.8 Å². The second-order valence-corrected chi connectivity index (χ2v) is 5.14. The van der Waals surface area contributed by atoms with Gasteiger partial charge in [-0.2, -0.15) is 0 Å². The number of aromatic nitrogens is 1. The molecule has 0 amide bonds. The Kier molecular flexibility index (Phi) is 3.55. The van der Waals surface area contributed by atoms with Crippen LogP contribution in [0.1, 0.15) is 11.3 Å². The molecule has 0 bridgehead atoms. The predicted molar refractivity (Wildman–Crippen MR) is 76.9 cm³/mol. The van der Waals surface area contributed by atoms with E-state index >= 15 is 0 Å². The number of hydrogen-bond acceptors (Lipinski definition) is 3. The van der Waals surface area contributed by atoms with E-state index in [-0.39, 0.29) is 0 Å². The Hall–Kier alpha value is -1.36. The van der Waals surface area contributed by atoms with E-state index in [0.29, 0.717) is 6.54 Å². The molecule has 0 spiro atoms. The second kappa shape index (κ2) is 5.33. The maximum absolute atomic E-state index is 5.82. The van der Waals surface area contributed by atoms with Crippen molar-refractivity contribution < 1.29 is 4.74 Å². The Morgan fingerprint density at radius 3 is 2.79 bits per heavy atom. The Morgan fingerprint density at radius 1 is 1.26 bits per heavy atom.